The van der Waals surface area contributed by atoms with E-state index in [4.69, 9.17) is 9.47 Å². The number of ether oxygens (including phenoxy) is 2. The number of aliphatic carboxylic acids is 1. The molecule has 3 N–H and O–H groups in total. The highest BCUT2D eigenvalue weighted by atomic mass is 32.2. The number of carboxylic acid groups (broad SMARTS) is 1. The summed E-state index contributed by atoms with van der Waals surface area (Å²) in [6, 6.07) is 22.0. The summed E-state index contributed by atoms with van der Waals surface area (Å²) in [5.41, 5.74) is 2.94. The van der Waals surface area contributed by atoms with Crippen LogP contribution in [0.25, 0.3) is 11.1 Å². The van der Waals surface area contributed by atoms with Gasteiger partial charge in [0.2, 0.25) is 0 Å². The smallest absolute Gasteiger partial charge is 0.340 e. The third-order valence-electron chi connectivity index (χ3n) is 8.11. The third-order valence-corrected chi connectivity index (χ3v) is 8.76. The number of carbonyl (C=O) groups excluding carboxylic acids is 2. The highest BCUT2D eigenvalue weighted by Gasteiger charge is 2.40. The van der Waals surface area contributed by atoms with E-state index in [0.29, 0.717) is 48.1 Å². The van der Waals surface area contributed by atoms with Crippen LogP contribution in [-0.4, -0.2) is 65.3 Å². The fourth-order valence-electron chi connectivity index (χ4n) is 5.79. The Morgan fingerprint density at radius 2 is 1.65 bits per heavy atom. The first kappa shape index (κ1) is 35.2. The maximum atomic E-state index is 14.0. The van der Waals surface area contributed by atoms with Crippen LogP contribution in [0.2, 0.25) is 0 Å². The van der Waals surface area contributed by atoms with Gasteiger partial charge in [-0.15, -0.1) is 0 Å². The number of hydrogen-bond acceptors (Lipinski definition) is 7. The molecule has 1 aliphatic rings. The van der Waals surface area contributed by atoms with Crippen LogP contribution in [0.4, 0.5) is 0 Å². The summed E-state index contributed by atoms with van der Waals surface area (Å²) in [5, 5.41) is 15.9. The lowest BCUT2D eigenvalue weighted by Crippen LogP contribution is -2.47. The van der Waals surface area contributed by atoms with Gasteiger partial charge in [0.05, 0.1) is 5.60 Å². The first-order chi connectivity index (χ1) is 21.9. The summed E-state index contributed by atoms with van der Waals surface area (Å²) in [7, 11) is 0. The molecule has 4 rings (SSSR count). The fraction of sp³-hybridized carbons (Fsp3) is 0.432. The van der Waals surface area contributed by atoms with Gasteiger partial charge in [-0.3, -0.25) is 4.79 Å². The second-order valence-electron chi connectivity index (χ2n) is 12.9. The van der Waals surface area contributed by atoms with Gasteiger partial charge in [-0.1, -0.05) is 60.7 Å². The van der Waals surface area contributed by atoms with Crippen molar-refractivity contribution in [1.29, 1.82) is 0 Å². The predicted octanol–water partition coefficient (Wildman–Crippen LogP) is 6.36. The molecular formula is C37H46N2O6S. The van der Waals surface area contributed by atoms with Gasteiger partial charge in [0.15, 0.2) is 6.10 Å². The molecule has 1 amide bonds. The molecule has 0 saturated carbocycles. The number of esters is 1. The van der Waals surface area contributed by atoms with Gasteiger partial charge in [-0.05, 0) is 112 Å². The molecule has 8 nitrogen and oxygen atoms in total. The Labute approximate surface area is 276 Å². The van der Waals surface area contributed by atoms with E-state index in [9.17, 15) is 19.5 Å². The quantitative estimate of drug-likeness (QED) is 0.184. The number of carboxylic acids is 1. The Kier molecular flexibility index (Phi) is 12.1. The van der Waals surface area contributed by atoms with Gasteiger partial charge in [0.1, 0.15) is 11.6 Å². The summed E-state index contributed by atoms with van der Waals surface area (Å²) >= 11 is 1.52. The SMILES string of the molecule is CSCCC(NC(=O)c1ccc(C(OC2(Cc3ccccc3)CCNCC2)C(=O)OC(C)(C)C)cc1-c1ccccc1C)C(=O)O. The van der Waals surface area contributed by atoms with Crippen LogP contribution in [0.5, 0.6) is 0 Å². The summed E-state index contributed by atoms with van der Waals surface area (Å²) in [6.45, 7) is 8.94. The number of aryl methyl sites for hydroxylation is 1. The molecule has 0 bridgehead atoms. The van der Waals surface area contributed by atoms with Crippen LogP contribution in [0.3, 0.4) is 0 Å². The van der Waals surface area contributed by atoms with Gasteiger partial charge >= 0.3 is 11.9 Å². The molecule has 3 aromatic rings. The maximum Gasteiger partial charge on any atom is 0.340 e. The average Bonchev–Trinajstić information content (AvgIpc) is 3.02. The van der Waals surface area contributed by atoms with Crippen molar-refractivity contribution in [2.75, 3.05) is 25.1 Å². The van der Waals surface area contributed by atoms with Crippen molar-refractivity contribution >= 4 is 29.6 Å². The molecule has 0 aromatic heterocycles. The van der Waals surface area contributed by atoms with Crippen molar-refractivity contribution in [2.45, 2.75) is 76.7 Å². The molecule has 2 unspecified atom stereocenters. The fourth-order valence-corrected chi connectivity index (χ4v) is 6.27. The number of carbonyl (C=O) groups is 3. The van der Waals surface area contributed by atoms with E-state index in [2.05, 4.69) is 22.8 Å². The summed E-state index contributed by atoms with van der Waals surface area (Å²) in [6.07, 6.45) is 3.18. The summed E-state index contributed by atoms with van der Waals surface area (Å²) in [4.78, 5) is 39.6. The van der Waals surface area contributed by atoms with Crippen LogP contribution in [0.1, 0.15) is 73.2 Å². The van der Waals surface area contributed by atoms with Crippen LogP contribution >= 0.6 is 11.8 Å². The second kappa shape index (κ2) is 15.8. The molecule has 0 radical (unpaired) electrons. The van der Waals surface area contributed by atoms with E-state index in [1.54, 1.807) is 12.1 Å². The van der Waals surface area contributed by atoms with Crippen molar-refractivity contribution in [3.63, 3.8) is 0 Å². The molecular weight excluding hydrogens is 600 g/mol. The van der Waals surface area contributed by atoms with Crippen molar-refractivity contribution < 1.29 is 29.0 Å². The molecule has 46 heavy (non-hydrogen) atoms. The number of benzene rings is 3. The number of hydrogen-bond donors (Lipinski definition) is 3. The number of nitrogens with one attached hydrogen (secondary N) is 2. The maximum absolute atomic E-state index is 14.0. The molecule has 3 aromatic carbocycles. The Balaban J connectivity index is 1.81. The molecule has 0 aliphatic carbocycles. The second-order valence-corrected chi connectivity index (χ2v) is 13.9. The third kappa shape index (κ3) is 9.44. The molecule has 1 aliphatic heterocycles. The van der Waals surface area contributed by atoms with Crippen molar-refractivity contribution in [3.8, 4) is 11.1 Å². The summed E-state index contributed by atoms with van der Waals surface area (Å²) < 4.78 is 12.9. The lowest BCUT2D eigenvalue weighted by atomic mass is 9.85. The normalized spacial score (nSPS) is 15.8. The molecule has 0 spiro atoms. The van der Waals surface area contributed by atoms with E-state index in [1.807, 2.05) is 82.5 Å². The Bertz CT molecular complexity index is 1500. The molecule has 246 valence electrons. The van der Waals surface area contributed by atoms with Crippen LogP contribution in [0, 0.1) is 6.92 Å². The Hall–Kier alpha value is -3.66. The van der Waals surface area contributed by atoms with Crippen molar-refractivity contribution in [2.24, 2.45) is 0 Å². The first-order valence-electron chi connectivity index (χ1n) is 15.8. The van der Waals surface area contributed by atoms with Crippen LogP contribution in [0.15, 0.2) is 72.8 Å². The minimum atomic E-state index is -1.08. The van der Waals surface area contributed by atoms with Gasteiger partial charge < -0.3 is 25.2 Å². The van der Waals surface area contributed by atoms with E-state index < -0.39 is 41.2 Å². The van der Waals surface area contributed by atoms with Crippen LogP contribution in [-0.2, 0) is 25.5 Å². The number of amides is 1. The number of thioether (sulfide) groups is 1. The Morgan fingerprint density at radius 1 is 0.978 bits per heavy atom. The lowest BCUT2D eigenvalue weighted by Gasteiger charge is -2.40. The predicted molar refractivity (Wildman–Crippen MR) is 183 cm³/mol. The lowest BCUT2D eigenvalue weighted by molar-refractivity contribution is -0.185. The zero-order valence-electron chi connectivity index (χ0n) is 27.4. The average molecular weight is 647 g/mol. The van der Waals surface area contributed by atoms with E-state index in [1.165, 1.54) is 11.8 Å². The standard InChI is InChI=1S/C37H46N2O6S/c1-25-11-9-10-14-28(25)30-23-27(15-16-29(30)33(40)39-31(34(41)42)17-22-46-5)32(35(43)45-36(2,3)4)44-37(18-20-38-21-19-37)24-26-12-7-6-8-13-26/h6-16,23,31-32,38H,17-22,24H2,1-5H3,(H,39,40)(H,41,42). The minimum absolute atomic E-state index is 0.299. The molecule has 1 saturated heterocycles. The van der Waals surface area contributed by atoms with E-state index in [-0.39, 0.29) is 0 Å². The van der Waals surface area contributed by atoms with Gasteiger partial charge in [-0.25, -0.2) is 9.59 Å². The highest BCUT2D eigenvalue weighted by molar-refractivity contribution is 7.98. The minimum Gasteiger partial charge on any atom is -0.480 e. The summed E-state index contributed by atoms with van der Waals surface area (Å²) in [5.74, 6) is -1.49. The molecule has 1 heterocycles. The topological polar surface area (TPSA) is 114 Å². The van der Waals surface area contributed by atoms with Gasteiger partial charge in [-0.2, -0.15) is 11.8 Å². The van der Waals surface area contributed by atoms with Crippen LogP contribution < -0.4 is 10.6 Å². The highest BCUT2D eigenvalue weighted by Crippen LogP contribution is 2.38. The number of rotatable bonds is 13. The van der Waals surface area contributed by atoms with E-state index in [0.717, 1.165) is 29.8 Å². The first-order valence-corrected chi connectivity index (χ1v) is 17.2. The molecule has 1 fully saturated rings. The van der Waals surface area contributed by atoms with Gasteiger partial charge in [0, 0.05) is 12.0 Å². The van der Waals surface area contributed by atoms with Crippen molar-refractivity contribution in [1.82, 2.24) is 10.6 Å². The van der Waals surface area contributed by atoms with E-state index >= 15 is 0 Å². The molecule has 9 heteroatoms. The largest absolute Gasteiger partial charge is 0.480 e. The zero-order valence-corrected chi connectivity index (χ0v) is 28.2. The zero-order chi connectivity index (χ0) is 33.3. The monoisotopic (exact) mass is 646 g/mol. The van der Waals surface area contributed by atoms with Crippen molar-refractivity contribution in [3.05, 3.63) is 95.1 Å². The Morgan fingerprint density at radius 3 is 2.28 bits per heavy atom. The van der Waals surface area contributed by atoms with Gasteiger partial charge in [0.25, 0.3) is 5.91 Å². The molecule has 2 atom stereocenters. The number of piperidine rings is 1.